The molecule has 4 aromatic rings. The van der Waals surface area contributed by atoms with E-state index in [0.29, 0.717) is 23.0 Å². The maximum absolute atomic E-state index is 14.2. The van der Waals surface area contributed by atoms with Gasteiger partial charge >= 0.3 is 0 Å². The van der Waals surface area contributed by atoms with Gasteiger partial charge in [0.1, 0.15) is 11.9 Å². The highest BCUT2D eigenvalue weighted by Crippen LogP contribution is 2.40. The lowest BCUT2D eigenvalue weighted by Gasteiger charge is -2.34. The maximum atomic E-state index is 14.2. The highest BCUT2D eigenvalue weighted by Gasteiger charge is 2.37. The van der Waals surface area contributed by atoms with Crippen LogP contribution in [0.4, 0.5) is 8.78 Å². The first kappa shape index (κ1) is 21.8. The van der Waals surface area contributed by atoms with Gasteiger partial charge in [-0.3, -0.25) is 9.48 Å². The third kappa shape index (κ3) is 3.35. The zero-order valence-corrected chi connectivity index (χ0v) is 19.7. The van der Waals surface area contributed by atoms with E-state index in [1.54, 1.807) is 36.1 Å². The van der Waals surface area contributed by atoms with Crippen LogP contribution in [0.1, 0.15) is 42.4 Å². The second kappa shape index (κ2) is 7.94. The Bertz CT molecular complexity index is 1470. The van der Waals surface area contributed by atoms with E-state index in [0.717, 1.165) is 35.9 Å². The van der Waals surface area contributed by atoms with Crippen LogP contribution in [0.3, 0.4) is 0 Å². The molecule has 0 unspecified atom stereocenters. The SMILES string of the molecule is C[C@H]1C(=O)N(C)Cc2c(-c3cccc4nc(-c5cnn(C)c5)c(C(F)F)cc34)nc(C3CNC3)n21. The van der Waals surface area contributed by atoms with Crippen molar-refractivity contribution in [2.75, 3.05) is 20.1 Å². The lowest BCUT2D eigenvalue weighted by atomic mass is 9.99. The van der Waals surface area contributed by atoms with E-state index >= 15 is 0 Å². The van der Waals surface area contributed by atoms with Crippen LogP contribution in [0, 0.1) is 0 Å². The molecule has 0 spiro atoms. The first-order valence-corrected chi connectivity index (χ1v) is 11.6. The van der Waals surface area contributed by atoms with Gasteiger partial charge in [-0.1, -0.05) is 12.1 Å². The van der Waals surface area contributed by atoms with Gasteiger partial charge in [0, 0.05) is 61.4 Å². The average Bonchev–Trinajstić information content (AvgIpc) is 3.39. The van der Waals surface area contributed by atoms with Crippen molar-refractivity contribution in [2.24, 2.45) is 7.05 Å². The summed E-state index contributed by atoms with van der Waals surface area (Å²) >= 11 is 0. The van der Waals surface area contributed by atoms with Gasteiger partial charge in [-0.2, -0.15) is 5.10 Å². The van der Waals surface area contributed by atoms with Gasteiger partial charge in [0.25, 0.3) is 6.43 Å². The van der Waals surface area contributed by atoms with Crippen LogP contribution in [0.15, 0.2) is 36.7 Å². The van der Waals surface area contributed by atoms with Crippen molar-refractivity contribution in [3.05, 3.63) is 53.7 Å². The number of carbonyl (C=O) groups excluding carboxylic acids is 1. The monoisotopic (exact) mass is 477 g/mol. The molecule has 5 heterocycles. The number of nitrogens with one attached hydrogen (secondary N) is 1. The fourth-order valence-electron chi connectivity index (χ4n) is 5.13. The van der Waals surface area contributed by atoms with Crippen molar-refractivity contribution in [1.29, 1.82) is 0 Å². The summed E-state index contributed by atoms with van der Waals surface area (Å²) in [5, 5.41) is 8.01. The smallest absolute Gasteiger partial charge is 0.265 e. The minimum atomic E-state index is -2.70. The molecule has 1 aromatic carbocycles. The number of fused-ring (bicyclic) bond motifs is 2. The Morgan fingerprint density at radius 1 is 1.14 bits per heavy atom. The highest BCUT2D eigenvalue weighted by atomic mass is 19.3. The van der Waals surface area contributed by atoms with Gasteiger partial charge < -0.3 is 14.8 Å². The second-order valence-electron chi connectivity index (χ2n) is 9.36. The molecule has 3 aromatic heterocycles. The summed E-state index contributed by atoms with van der Waals surface area (Å²) in [6.45, 7) is 3.90. The molecule has 1 amide bonds. The summed E-state index contributed by atoms with van der Waals surface area (Å²) in [5.74, 6) is 1.12. The van der Waals surface area contributed by atoms with Crippen molar-refractivity contribution in [3.63, 3.8) is 0 Å². The number of nitrogens with zero attached hydrogens (tertiary/aromatic N) is 6. The molecule has 1 N–H and O–H groups in total. The Labute approximate surface area is 200 Å². The Morgan fingerprint density at radius 2 is 1.94 bits per heavy atom. The quantitative estimate of drug-likeness (QED) is 0.485. The number of rotatable bonds is 4. The first-order chi connectivity index (χ1) is 16.8. The van der Waals surface area contributed by atoms with Crippen LogP contribution >= 0.6 is 0 Å². The van der Waals surface area contributed by atoms with Crippen molar-refractivity contribution in [2.45, 2.75) is 31.9 Å². The molecule has 1 saturated heterocycles. The van der Waals surface area contributed by atoms with E-state index in [9.17, 15) is 13.6 Å². The normalized spacial score (nSPS) is 18.4. The number of amides is 1. The van der Waals surface area contributed by atoms with Gasteiger partial charge in [-0.25, -0.2) is 18.7 Å². The van der Waals surface area contributed by atoms with Crippen LogP contribution in [0.25, 0.3) is 33.4 Å². The number of hydrogen-bond donors (Lipinski definition) is 1. The van der Waals surface area contributed by atoms with Crippen LogP contribution < -0.4 is 5.32 Å². The number of aryl methyl sites for hydroxylation is 1. The summed E-state index contributed by atoms with van der Waals surface area (Å²) in [4.78, 5) is 24.2. The number of halogens is 2. The lowest BCUT2D eigenvalue weighted by Crippen LogP contribution is -2.44. The van der Waals surface area contributed by atoms with Crippen LogP contribution in [0.5, 0.6) is 0 Å². The standard InChI is InChI=1S/C25H25F2N7O/c1-13-25(35)32(2)12-20-22(31-24(34(13)20)14-8-28-9-14)16-5-4-6-19-17(16)7-18(23(26)27)21(30-19)15-10-29-33(3)11-15/h4-7,10-11,13-14,23,28H,8-9,12H2,1-3H3/t13-/m0/s1. The molecule has 0 bridgehead atoms. The summed E-state index contributed by atoms with van der Waals surface area (Å²) in [7, 11) is 3.52. The Hall–Kier alpha value is -3.66. The molecule has 0 radical (unpaired) electrons. The van der Waals surface area contributed by atoms with Gasteiger partial charge in [-0.05, 0) is 19.1 Å². The lowest BCUT2D eigenvalue weighted by molar-refractivity contribution is -0.135. The van der Waals surface area contributed by atoms with Crippen LogP contribution in [-0.2, 0) is 18.4 Å². The number of carbonyl (C=O) groups is 1. The average molecular weight is 478 g/mol. The number of likely N-dealkylation sites (N-methyl/N-ethyl adjacent to an activating group) is 1. The fourth-order valence-corrected chi connectivity index (χ4v) is 5.13. The van der Waals surface area contributed by atoms with E-state index in [4.69, 9.17) is 4.98 Å². The molecular weight excluding hydrogens is 452 g/mol. The minimum absolute atomic E-state index is 0.0377. The molecule has 0 aliphatic carbocycles. The van der Waals surface area contributed by atoms with Gasteiger partial charge in [0.15, 0.2) is 0 Å². The largest absolute Gasteiger partial charge is 0.338 e. The number of aromatic nitrogens is 5. The zero-order valence-electron chi connectivity index (χ0n) is 19.7. The number of alkyl halides is 2. The van der Waals surface area contributed by atoms with E-state index in [-0.39, 0.29) is 29.1 Å². The molecule has 2 aliphatic heterocycles. The molecule has 1 fully saturated rings. The third-order valence-corrected chi connectivity index (χ3v) is 7.05. The third-order valence-electron chi connectivity index (χ3n) is 7.05. The molecule has 180 valence electrons. The van der Waals surface area contributed by atoms with Crippen molar-refractivity contribution >= 4 is 16.8 Å². The van der Waals surface area contributed by atoms with Crippen molar-refractivity contribution < 1.29 is 13.6 Å². The predicted octanol–water partition coefficient (Wildman–Crippen LogP) is 3.66. The topological polar surface area (TPSA) is 80.9 Å². The number of pyridine rings is 1. The molecule has 6 rings (SSSR count). The Morgan fingerprint density at radius 3 is 2.60 bits per heavy atom. The van der Waals surface area contributed by atoms with Gasteiger partial charge in [-0.15, -0.1) is 0 Å². The Balaban J connectivity index is 1.59. The molecular formula is C25H25F2N7O. The molecule has 1 atom stereocenters. The summed E-state index contributed by atoms with van der Waals surface area (Å²) in [5.41, 5.74) is 3.62. The molecule has 35 heavy (non-hydrogen) atoms. The van der Waals surface area contributed by atoms with E-state index in [1.165, 1.54) is 6.07 Å². The summed E-state index contributed by atoms with van der Waals surface area (Å²) < 4.78 is 32.1. The Kier molecular flexibility index (Phi) is 4.96. The fraction of sp³-hybridized carbons (Fsp3) is 0.360. The maximum Gasteiger partial charge on any atom is 0.265 e. The van der Waals surface area contributed by atoms with E-state index < -0.39 is 6.43 Å². The second-order valence-corrected chi connectivity index (χ2v) is 9.36. The number of hydrogen-bond acceptors (Lipinski definition) is 5. The van der Waals surface area contributed by atoms with Crippen LogP contribution in [-0.4, -0.2) is 55.3 Å². The minimum Gasteiger partial charge on any atom is -0.338 e. The van der Waals surface area contributed by atoms with E-state index in [2.05, 4.69) is 15.4 Å². The number of benzene rings is 1. The van der Waals surface area contributed by atoms with E-state index in [1.807, 2.05) is 29.7 Å². The molecule has 2 aliphatic rings. The van der Waals surface area contributed by atoms with Gasteiger partial charge in [0.05, 0.1) is 35.3 Å². The van der Waals surface area contributed by atoms with Gasteiger partial charge in [0.2, 0.25) is 5.91 Å². The summed E-state index contributed by atoms with van der Waals surface area (Å²) in [6.07, 6.45) is 0.525. The highest BCUT2D eigenvalue weighted by molar-refractivity contribution is 5.96. The van der Waals surface area contributed by atoms with Crippen LogP contribution in [0.2, 0.25) is 0 Å². The molecule has 0 saturated carbocycles. The summed E-state index contributed by atoms with van der Waals surface area (Å²) in [6, 6.07) is 6.75. The molecule has 8 nitrogen and oxygen atoms in total. The molecule has 10 heteroatoms. The van der Waals surface area contributed by atoms with Crippen molar-refractivity contribution in [1.82, 2.24) is 34.5 Å². The predicted molar refractivity (Wildman–Crippen MR) is 127 cm³/mol. The number of imidazole rings is 1. The van der Waals surface area contributed by atoms with Crippen molar-refractivity contribution in [3.8, 4) is 22.5 Å². The first-order valence-electron chi connectivity index (χ1n) is 11.6. The zero-order chi connectivity index (χ0) is 24.4.